The monoisotopic (exact) mass is 237 g/mol. The van der Waals surface area contributed by atoms with Crippen molar-refractivity contribution in [1.29, 1.82) is 0 Å². The van der Waals surface area contributed by atoms with Crippen LogP contribution in [-0.4, -0.2) is 30.3 Å². The minimum Gasteiger partial charge on any atom is -0.298 e. The summed E-state index contributed by atoms with van der Waals surface area (Å²) < 4.78 is 0. The van der Waals surface area contributed by atoms with Gasteiger partial charge in [0.1, 0.15) is 0 Å². The van der Waals surface area contributed by atoms with Gasteiger partial charge in [-0.1, -0.05) is 44.9 Å². The van der Waals surface area contributed by atoms with Gasteiger partial charge in [0, 0.05) is 6.42 Å². The zero-order chi connectivity index (χ0) is 12.3. The van der Waals surface area contributed by atoms with Crippen LogP contribution in [0.2, 0.25) is 0 Å². The maximum Gasteiger partial charge on any atom is 0.153 e. The average Bonchev–Trinajstić information content (AvgIpc) is 2.49. The average molecular weight is 237 g/mol. The molecule has 2 fully saturated rings. The Hall–Kier alpha value is -0.370. The lowest BCUT2D eigenvalue weighted by Crippen LogP contribution is -2.51. The number of carbonyl (C=O) groups excluding carboxylic acids is 1. The van der Waals surface area contributed by atoms with Crippen molar-refractivity contribution in [2.24, 2.45) is 5.92 Å². The van der Waals surface area contributed by atoms with Crippen LogP contribution in [0.4, 0.5) is 0 Å². The molecule has 2 aliphatic carbocycles. The van der Waals surface area contributed by atoms with E-state index in [2.05, 4.69) is 19.0 Å². The zero-order valence-corrected chi connectivity index (χ0v) is 11.5. The van der Waals surface area contributed by atoms with Crippen LogP contribution in [0.1, 0.15) is 64.2 Å². The number of Topliss-reactive ketones (excluding diaryl/α,β-unsaturated/α-hetero) is 1. The molecule has 2 heteroatoms. The second kappa shape index (κ2) is 5.51. The highest BCUT2D eigenvalue weighted by Gasteiger charge is 2.41. The molecule has 0 atom stereocenters. The van der Waals surface area contributed by atoms with Crippen molar-refractivity contribution in [2.75, 3.05) is 14.1 Å². The van der Waals surface area contributed by atoms with Gasteiger partial charge in [0.2, 0.25) is 0 Å². The highest BCUT2D eigenvalue weighted by molar-refractivity contribution is 5.88. The van der Waals surface area contributed by atoms with E-state index in [0.29, 0.717) is 11.7 Å². The molecule has 0 N–H and O–H groups in total. The molecule has 0 aromatic carbocycles. The first-order chi connectivity index (χ1) is 8.15. The van der Waals surface area contributed by atoms with Crippen LogP contribution in [0, 0.1) is 5.92 Å². The molecule has 2 rings (SSSR count). The van der Waals surface area contributed by atoms with E-state index in [9.17, 15) is 4.79 Å². The van der Waals surface area contributed by atoms with Crippen LogP contribution in [0.5, 0.6) is 0 Å². The standard InChI is InChI=1S/C15H27NO/c1-16(2)15(10-5-3-4-6-11-15)14(17)12-13-8-7-9-13/h13H,3-12H2,1-2H3. The minimum atomic E-state index is -0.119. The van der Waals surface area contributed by atoms with Gasteiger partial charge in [0.05, 0.1) is 5.54 Å². The Morgan fingerprint density at radius 1 is 1.06 bits per heavy atom. The van der Waals surface area contributed by atoms with Gasteiger partial charge in [-0.3, -0.25) is 9.69 Å². The van der Waals surface area contributed by atoms with E-state index in [1.807, 2.05) is 0 Å². The largest absolute Gasteiger partial charge is 0.298 e. The van der Waals surface area contributed by atoms with Crippen LogP contribution < -0.4 is 0 Å². The van der Waals surface area contributed by atoms with Crippen molar-refractivity contribution in [3.8, 4) is 0 Å². The quantitative estimate of drug-likeness (QED) is 0.698. The first kappa shape index (κ1) is 13.1. The van der Waals surface area contributed by atoms with E-state index in [4.69, 9.17) is 0 Å². The molecular weight excluding hydrogens is 210 g/mol. The molecule has 0 radical (unpaired) electrons. The molecule has 0 unspecified atom stereocenters. The lowest BCUT2D eigenvalue weighted by atomic mass is 9.75. The van der Waals surface area contributed by atoms with Crippen LogP contribution in [0.25, 0.3) is 0 Å². The third-order valence-electron chi connectivity index (χ3n) is 5.00. The SMILES string of the molecule is CN(C)C1(C(=O)CC2CCC2)CCCCCC1. The van der Waals surface area contributed by atoms with Crippen LogP contribution in [-0.2, 0) is 4.79 Å². The highest BCUT2D eigenvalue weighted by Crippen LogP contribution is 2.37. The van der Waals surface area contributed by atoms with Gasteiger partial charge in [-0.15, -0.1) is 0 Å². The summed E-state index contributed by atoms with van der Waals surface area (Å²) in [5, 5.41) is 0. The molecular formula is C15H27NO. The van der Waals surface area contributed by atoms with Crippen LogP contribution in [0.15, 0.2) is 0 Å². The smallest absolute Gasteiger partial charge is 0.153 e. The Morgan fingerprint density at radius 2 is 1.65 bits per heavy atom. The molecule has 0 amide bonds. The van der Waals surface area contributed by atoms with Gasteiger partial charge in [-0.2, -0.15) is 0 Å². The van der Waals surface area contributed by atoms with Gasteiger partial charge < -0.3 is 0 Å². The Morgan fingerprint density at radius 3 is 2.06 bits per heavy atom. The molecule has 0 spiro atoms. The summed E-state index contributed by atoms with van der Waals surface area (Å²) in [6.07, 6.45) is 12.0. The fourth-order valence-corrected chi connectivity index (χ4v) is 3.44. The van der Waals surface area contributed by atoms with E-state index in [-0.39, 0.29) is 5.54 Å². The van der Waals surface area contributed by atoms with Gasteiger partial charge in [0.15, 0.2) is 5.78 Å². The number of hydrogen-bond donors (Lipinski definition) is 0. The number of likely N-dealkylation sites (N-methyl/N-ethyl adjacent to an activating group) is 1. The summed E-state index contributed by atoms with van der Waals surface area (Å²) in [5.41, 5.74) is -0.119. The minimum absolute atomic E-state index is 0.119. The first-order valence-electron chi connectivity index (χ1n) is 7.36. The van der Waals surface area contributed by atoms with E-state index in [1.54, 1.807) is 0 Å². The van der Waals surface area contributed by atoms with Crippen molar-refractivity contribution < 1.29 is 4.79 Å². The van der Waals surface area contributed by atoms with Crippen molar-refractivity contribution in [3.63, 3.8) is 0 Å². The Bertz CT molecular complexity index is 260. The number of ketones is 1. The molecule has 2 nitrogen and oxygen atoms in total. The number of hydrogen-bond acceptors (Lipinski definition) is 2. The predicted octanol–water partition coefficient (Wildman–Crippen LogP) is 3.40. The summed E-state index contributed by atoms with van der Waals surface area (Å²) in [6, 6.07) is 0. The predicted molar refractivity (Wildman–Crippen MR) is 71.1 cm³/mol. The molecule has 0 heterocycles. The maximum atomic E-state index is 12.7. The summed E-state index contributed by atoms with van der Waals surface area (Å²) in [6.45, 7) is 0. The lowest BCUT2D eigenvalue weighted by Gasteiger charge is -2.40. The first-order valence-corrected chi connectivity index (χ1v) is 7.36. The van der Waals surface area contributed by atoms with Crippen molar-refractivity contribution in [2.45, 2.75) is 69.7 Å². The maximum absolute atomic E-state index is 12.7. The van der Waals surface area contributed by atoms with E-state index in [1.165, 1.54) is 44.9 Å². The van der Waals surface area contributed by atoms with Crippen molar-refractivity contribution in [3.05, 3.63) is 0 Å². The second-order valence-electron chi connectivity index (χ2n) is 6.26. The highest BCUT2D eigenvalue weighted by atomic mass is 16.1. The second-order valence-corrected chi connectivity index (χ2v) is 6.26. The molecule has 98 valence electrons. The number of nitrogens with zero attached hydrogens (tertiary/aromatic N) is 1. The molecule has 2 saturated carbocycles. The van der Waals surface area contributed by atoms with Crippen LogP contribution in [0.3, 0.4) is 0 Å². The van der Waals surface area contributed by atoms with Crippen molar-refractivity contribution >= 4 is 5.78 Å². The summed E-state index contributed by atoms with van der Waals surface area (Å²) >= 11 is 0. The van der Waals surface area contributed by atoms with Gasteiger partial charge in [-0.05, 0) is 32.9 Å². The fraction of sp³-hybridized carbons (Fsp3) is 0.933. The number of carbonyl (C=O) groups is 1. The molecule has 0 saturated heterocycles. The number of rotatable bonds is 4. The summed E-state index contributed by atoms with van der Waals surface area (Å²) in [4.78, 5) is 14.9. The molecule has 17 heavy (non-hydrogen) atoms. The fourth-order valence-electron chi connectivity index (χ4n) is 3.44. The Kier molecular flexibility index (Phi) is 4.24. The summed E-state index contributed by atoms with van der Waals surface area (Å²) in [7, 11) is 4.20. The molecule has 2 aliphatic rings. The normalized spacial score (nSPS) is 25.4. The van der Waals surface area contributed by atoms with Crippen LogP contribution >= 0.6 is 0 Å². The summed E-state index contributed by atoms with van der Waals surface area (Å²) in [5.74, 6) is 1.25. The molecule has 0 aliphatic heterocycles. The molecule has 0 bridgehead atoms. The molecule has 0 aromatic rings. The lowest BCUT2D eigenvalue weighted by molar-refractivity contribution is -0.132. The Labute approximate surface area is 106 Å². The Balaban J connectivity index is 2.05. The topological polar surface area (TPSA) is 20.3 Å². The van der Waals surface area contributed by atoms with E-state index in [0.717, 1.165) is 19.3 Å². The van der Waals surface area contributed by atoms with E-state index < -0.39 is 0 Å². The van der Waals surface area contributed by atoms with Crippen molar-refractivity contribution in [1.82, 2.24) is 4.90 Å². The van der Waals surface area contributed by atoms with Gasteiger partial charge in [0.25, 0.3) is 0 Å². The zero-order valence-electron chi connectivity index (χ0n) is 11.5. The van der Waals surface area contributed by atoms with Gasteiger partial charge in [-0.25, -0.2) is 0 Å². The van der Waals surface area contributed by atoms with E-state index >= 15 is 0 Å². The molecule has 0 aromatic heterocycles. The van der Waals surface area contributed by atoms with Gasteiger partial charge >= 0.3 is 0 Å². The third kappa shape index (κ3) is 2.73. The third-order valence-corrected chi connectivity index (χ3v) is 5.00.